The van der Waals surface area contributed by atoms with Crippen LogP contribution >= 0.6 is 0 Å². The van der Waals surface area contributed by atoms with Gasteiger partial charge >= 0.3 is 0 Å². The lowest BCUT2D eigenvalue weighted by molar-refractivity contribution is 0.0958. The summed E-state index contributed by atoms with van der Waals surface area (Å²) in [6.45, 7) is 2.24. The number of benzene rings is 2. The second kappa shape index (κ2) is 7.67. The fraction of sp³-hybridized carbons (Fsp3) is 0.0870. The van der Waals surface area contributed by atoms with Crippen molar-refractivity contribution in [1.29, 1.82) is 0 Å². The van der Waals surface area contributed by atoms with Gasteiger partial charge < -0.3 is 4.42 Å². The molecule has 5 nitrogen and oxygen atoms in total. The Labute approximate surface area is 166 Å². The number of fused-ring (bicyclic) bond motifs is 1. The number of hydrogen-bond donors (Lipinski definition) is 0. The molecular weight excluding hydrogens is 371 g/mol. The lowest BCUT2D eigenvalue weighted by atomic mass is 10.1. The number of nitrogens with zero attached hydrogens (tertiary/aromatic N) is 2. The van der Waals surface area contributed by atoms with E-state index >= 15 is 0 Å². The van der Waals surface area contributed by atoms with Crippen molar-refractivity contribution in [2.24, 2.45) is 0 Å². The molecule has 4 aromatic rings. The van der Waals surface area contributed by atoms with Crippen LogP contribution in [0.5, 0.6) is 0 Å². The molecule has 4 rings (SSSR count). The standard InChI is InChI=1S/C23H17FN2O3/c1-15-5-7-16(8-6-15)14-26(22-4-2-3-11-25-22)23(28)21-13-19(27)18-12-17(24)9-10-20(18)29-21/h2-13H,14H2,1H3. The van der Waals surface area contributed by atoms with Crippen molar-refractivity contribution in [2.45, 2.75) is 13.5 Å². The van der Waals surface area contributed by atoms with Gasteiger partial charge in [0.05, 0.1) is 11.9 Å². The van der Waals surface area contributed by atoms with E-state index in [9.17, 15) is 14.0 Å². The molecule has 0 atom stereocenters. The zero-order valence-corrected chi connectivity index (χ0v) is 15.6. The third kappa shape index (κ3) is 3.91. The maximum atomic E-state index is 13.4. The summed E-state index contributed by atoms with van der Waals surface area (Å²) >= 11 is 0. The predicted octanol–water partition coefficient (Wildman–Crippen LogP) is 4.48. The monoisotopic (exact) mass is 388 g/mol. The predicted molar refractivity (Wildman–Crippen MR) is 108 cm³/mol. The van der Waals surface area contributed by atoms with E-state index < -0.39 is 17.2 Å². The van der Waals surface area contributed by atoms with E-state index in [1.165, 1.54) is 17.0 Å². The Morgan fingerprint density at radius 1 is 1.07 bits per heavy atom. The number of aryl methyl sites for hydroxylation is 1. The van der Waals surface area contributed by atoms with Crippen molar-refractivity contribution < 1.29 is 13.6 Å². The normalized spacial score (nSPS) is 10.8. The number of anilines is 1. The number of pyridine rings is 1. The van der Waals surface area contributed by atoms with Gasteiger partial charge in [0.1, 0.15) is 17.2 Å². The highest BCUT2D eigenvalue weighted by molar-refractivity contribution is 6.04. The molecule has 2 heterocycles. The van der Waals surface area contributed by atoms with Crippen LogP contribution in [0.3, 0.4) is 0 Å². The summed E-state index contributed by atoms with van der Waals surface area (Å²) < 4.78 is 19.1. The highest BCUT2D eigenvalue weighted by Gasteiger charge is 2.22. The highest BCUT2D eigenvalue weighted by Crippen LogP contribution is 2.20. The van der Waals surface area contributed by atoms with Crippen LogP contribution in [0.2, 0.25) is 0 Å². The van der Waals surface area contributed by atoms with Crippen LogP contribution in [-0.4, -0.2) is 10.9 Å². The van der Waals surface area contributed by atoms with E-state index in [0.717, 1.165) is 23.3 Å². The first-order valence-corrected chi connectivity index (χ1v) is 9.03. The quantitative estimate of drug-likeness (QED) is 0.517. The first-order valence-electron chi connectivity index (χ1n) is 9.03. The lowest BCUT2D eigenvalue weighted by Gasteiger charge is -2.21. The van der Waals surface area contributed by atoms with Crippen LogP contribution in [0.15, 0.2) is 82.1 Å². The van der Waals surface area contributed by atoms with Crippen LogP contribution in [0, 0.1) is 12.7 Å². The number of amides is 1. The second-order valence-corrected chi connectivity index (χ2v) is 6.68. The molecule has 0 N–H and O–H groups in total. The number of carbonyl (C=O) groups excluding carboxylic acids is 1. The Hall–Kier alpha value is -3.80. The number of aromatic nitrogens is 1. The zero-order valence-electron chi connectivity index (χ0n) is 15.6. The van der Waals surface area contributed by atoms with Crippen LogP contribution in [0.1, 0.15) is 21.7 Å². The molecule has 0 unspecified atom stereocenters. The first-order chi connectivity index (χ1) is 14.0. The van der Waals surface area contributed by atoms with Crippen LogP contribution in [0.25, 0.3) is 11.0 Å². The van der Waals surface area contributed by atoms with Gasteiger partial charge in [-0.3, -0.25) is 14.5 Å². The molecule has 0 fully saturated rings. The van der Waals surface area contributed by atoms with Crippen molar-refractivity contribution in [3.63, 3.8) is 0 Å². The highest BCUT2D eigenvalue weighted by atomic mass is 19.1. The Bertz CT molecular complexity index is 1230. The summed E-state index contributed by atoms with van der Waals surface area (Å²) in [5, 5.41) is 0.0875. The molecule has 0 radical (unpaired) electrons. The number of halogens is 1. The number of rotatable bonds is 4. The average molecular weight is 388 g/mol. The van der Waals surface area contributed by atoms with Gasteiger partial charge in [-0.2, -0.15) is 0 Å². The molecule has 0 bridgehead atoms. The SMILES string of the molecule is Cc1ccc(CN(C(=O)c2cc(=O)c3cc(F)ccc3o2)c2ccccn2)cc1. The molecule has 0 spiro atoms. The number of hydrogen-bond acceptors (Lipinski definition) is 4. The fourth-order valence-electron chi connectivity index (χ4n) is 3.01. The van der Waals surface area contributed by atoms with E-state index in [1.807, 2.05) is 31.2 Å². The van der Waals surface area contributed by atoms with Crippen molar-refractivity contribution in [1.82, 2.24) is 4.98 Å². The minimum absolute atomic E-state index is 0.0875. The second-order valence-electron chi connectivity index (χ2n) is 6.68. The molecule has 2 aromatic carbocycles. The molecule has 1 amide bonds. The minimum atomic E-state index is -0.543. The van der Waals surface area contributed by atoms with E-state index in [-0.39, 0.29) is 23.3 Å². The Morgan fingerprint density at radius 2 is 1.86 bits per heavy atom. The summed E-state index contributed by atoms with van der Waals surface area (Å²) in [6.07, 6.45) is 1.59. The van der Waals surface area contributed by atoms with Gasteiger partial charge in [-0.1, -0.05) is 35.9 Å². The third-order valence-corrected chi connectivity index (χ3v) is 4.53. The fourth-order valence-corrected chi connectivity index (χ4v) is 3.01. The molecule has 0 aliphatic heterocycles. The molecule has 29 heavy (non-hydrogen) atoms. The van der Waals surface area contributed by atoms with Gasteiger partial charge in [0.2, 0.25) is 0 Å². The molecule has 0 aliphatic rings. The van der Waals surface area contributed by atoms with Crippen LogP contribution in [0.4, 0.5) is 10.2 Å². The first kappa shape index (κ1) is 18.6. The van der Waals surface area contributed by atoms with E-state index in [1.54, 1.807) is 24.4 Å². The summed E-state index contributed by atoms with van der Waals surface area (Å²) in [4.78, 5) is 31.4. The molecular formula is C23H17FN2O3. The molecule has 6 heteroatoms. The lowest BCUT2D eigenvalue weighted by Crippen LogP contribution is -2.31. The minimum Gasteiger partial charge on any atom is -0.451 e. The van der Waals surface area contributed by atoms with E-state index in [0.29, 0.717) is 5.82 Å². The van der Waals surface area contributed by atoms with Gasteiger partial charge in [-0.25, -0.2) is 9.37 Å². The van der Waals surface area contributed by atoms with E-state index in [2.05, 4.69) is 4.98 Å². The smallest absolute Gasteiger partial charge is 0.295 e. The molecule has 2 aromatic heterocycles. The van der Waals surface area contributed by atoms with Gasteiger partial charge in [-0.15, -0.1) is 0 Å². The number of carbonyl (C=O) groups is 1. The average Bonchev–Trinajstić information content (AvgIpc) is 2.74. The van der Waals surface area contributed by atoms with Crippen LogP contribution in [-0.2, 0) is 6.54 Å². The Balaban J connectivity index is 1.77. The van der Waals surface area contributed by atoms with Gasteiger partial charge in [0.15, 0.2) is 11.2 Å². The Morgan fingerprint density at radius 3 is 2.59 bits per heavy atom. The van der Waals surface area contributed by atoms with Crippen molar-refractivity contribution in [3.8, 4) is 0 Å². The zero-order chi connectivity index (χ0) is 20.4. The van der Waals surface area contributed by atoms with Gasteiger partial charge in [0, 0.05) is 12.3 Å². The maximum absolute atomic E-state index is 13.4. The summed E-state index contributed by atoms with van der Waals surface area (Å²) in [5.74, 6) is -0.752. The van der Waals surface area contributed by atoms with Crippen LogP contribution < -0.4 is 10.3 Å². The third-order valence-electron chi connectivity index (χ3n) is 4.53. The van der Waals surface area contributed by atoms with Gasteiger partial charge in [0.25, 0.3) is 5.91 Å². The van der Waals surface area contributed by atoms with Crippen molar-refractivity contribution >= 4 is 22.7 Å². The molecule has 0 aliphatic carbocycles. The molecule has 0 saturated carbocycles. The van der Waals surface area contributed by atoms with Crippen molar-refractivity contribution in [2.75, 3.05) is 4.90 Å². The molecule has 144 valence electrons. The Kier molecular flexibility index (Phi) is 4.91. The maximum Gasteiger partial charge on any atom is 0.295 e. The molecule has 0 saturated heterocycles. The topological polar surface area (TPSA) is 63.4 Å². The van der Waals surface area contributed by atoms with Crippen molar-refractivity contribution in [3.05, 3.63) is 106 Å². The summed E-state index contributed by atoms with van der Waals surface area (Å²) in [7, 11) is 0. The van der Waals surface area contributed by atoms with Gasteiger partial charge in [-0.05, 0) is 42.8 Å². The summed E-state index contributed by atoms with van der Waals surface area (Å²) in [6, 6.07) is 17.7. The summed E-state index contributed by atoms with van der Waals surface area (Å²) in [5.41, 5.74) is 1.68. The van der Waals surface area contributed by atoms with E-state index in [4.69, 9.17) is 4.42 Å². The largest absolute Gasteiger partial charge is 0.451 e.